The van der Waals surface area contributed by atoms with Crippen molar-refractivity contribution in [2.75, 3.05) is 111 Å². The van der Waals surface area contributed by atoms with Gasteiger partial charge in [-0.15, -0.1) is 0 Å². The number of hydrogen-bond acceptors (Lipinski definition) is 16. The molecule has 0 saturated carbocycles. The molecule has 24 heteroatoms. The van der Waals surface area contributed by atoms with E-state index in [1.807, 2.05) is 6.07 Å². The van der Waals surface area contributed by atoms with Gasteiger partial charge in [0.1, 0.15) is 40.7 Å². The summed E-state index contributed by atoms with van der Waals surface area (Å²) in [5.41, 5.74) is 12.9. The van der Waals surface area contributed by atoms with Crippen molar-refractivity contribution in [3.05, 3.63) is 192 Å². The summed E-state index contributed by atoms with van der Waals surface area (Å²) in [5, 5.41) is 9.75. The van der Waals surface area contributed by atoms with Crippen LogP contribution in [-0.4, -0.2) is 209 Å². The first-order valence-electron chi connectivity index (χ1n) is 43.0. The number of H-pyrrole nitrogens is 1. The highest BCUT2D eigenvalue weighted by molar-refractivity contribution is 5.42. The Morgan fingerprint density at radius 2 is 0.991 bits per heavy atom. The lowest BCUT2D eigenvalue weighted by atomic mass is 9.94. The Bertz CT molecular complexity index is 4190. The van der Waals surface area contributed by atoms with Gasteiger partial charge in [0.05, 0.1) is 45.4 Å². The average molecular weight is 1620 g/mol. The molecule has 4 N–H and O–H groups in total. The first-order valence-corrected chi connectivity index (χ1v) is 43.0. The number of nitrogens with one attached hydrogen (secondary N) is 1. The van der Waals surface area contributed by atoms with E-state index in [0.29, 0.717) is 47.2 Å². The molecule has 7 atom stereocenters. The smallest absolute Gasteiger partial charge is 0.255 e. The quantitative estimate of drug-likeness (QED) is 0.0781. The van der Waals surface area contributed by atoms with Crippen molar-refractivity contribution in [1.82, 2.24) is 58.7 Å². The Morgan fingerprint density at radius 1 is 0.509 bits per heavy atom. The molecule has 14 rings (SSSR count). The molecule has 0 radical (unpaired) electrons. The number of nitrogens with zero attached hydrogens (tertiary/aromatic N) is 11. The number of hydrogen-bond donors (Lipinski definition) is 3. The highest BCUT2D eigenvalue weighted by atomic mass is 19.1. The van der Waals surface area contributed by atoms with Gasteiger partial charge in [0.15, 0.2) is 0 Å². The van der Waals surface area contributed by atoms with E-state index in [2.05, 4.69) is 171 Å². The maximum absolute atomic E-state index is 14.1. The fourth-order valence-electron chi connectivity index (χ4n) is 19.2. The summed E-state index contributed by atoms with van der Waals surface area (Å²) in [6, 6.07) is 19.6. The zero-order valence-corrected chi connectivity index (χ0v) is 72.9. The number of aliphatic hydroxyl groups excluding tert-OH is 1. The lowest BCUT2D eigenvalue weighted by molar-refractivity contribution is -0.0139. The minimum Gasteiger partial charge on any atom is -0.394 e. The van der Waals surface area contributed by atoms with Crippen LogP contribution in [0.2, 0.25) is 0 Å². The number of pyridine rings is 4. The lowest BCUT2D eigenvalue weighted by Gasteiger charge is -2.46. The topological polar surface area (TPSA) is 171 Å². The fraction of sp³-hybridized carbons (Fsp3) is 0.652. The molecule has 8 aliphatic heterocycles. The van der Waals surface area contributed by atoms with Crippen LogP contribution in [0.3, 0.4) is 0 Å². The maximum atomic E-state index is 14.1. The standard InChI is InChI=1S/2C19H29FN2O.C15H23FN2O.C14H21FN2O.C13H19FN2O.C12H18FN3/c1-15(2)22-8-3-4-19(22)18-14-17(20)6-5-16(18)7-9-21-10-12-23-13-11-21;1-15(2)22-6-3-4-19(22)17-12-16(13-18(20)14-17)5-7-21-8-10-23-11-9-21;1-14(2,3)18-13(5-6-15(18,4)10-19)11-7-12(16)9-17-8-11;1-14(2,3)17-7-5-6-12(17)11-8-10(15)9-16(4)13(11)18;1-13(2,3)16-6-4-5-11(16)10-7-9(14)8-15-12(10)17;1-8(2)16-5-3-4-11(16)10-6-9(13)7-15-12(10)14/h5-6,14-15,19H,3-4,7-13H2,1-2H3;12-15,19H,3-11H2,1-2H3;7-9,13,19H,5-6,10H2,1-4H3;8-9,12H,5-7H2,1-4H3;7-8,11H,4-6H2,1-3H3,(H,15,17);6-8,11H,3-5H2,1-2H3,(H2,14,15). The Hall–Kier alpha value is -6.42. The molecule has 0 aliphatic carbocycles. The zero-order chi connectivity index (χ0) is 84.6. The molecule has 644 valence electrons. The molecule has 8 fully saturated rings. The number of rotatable bonds is 16. The summed E-state index contributed by atoms with van der Waals surface area (Å²) in [7, 11) is 1.60. The van der Waals surface area contributed by atoms with Crippen LogP contribution in [0.4, 0.5) is 32.2 Å². The predicted octanol–water partition coefficient (Wildman–Crippen LogP) is 16.7. The van der Waals surface area contributed by atoms with Gasteiger partial charge in [-0.2, -0.15) is 0 Å². The van der Waals surface area contributed by atoms with Crippen molar-refractivity contribution in [2.45, 2.75) is 277 Å². The molecular weight excluding hydrogens is 1480 g/mol. The molecule has 0 bridgehead atoms. The third-order valence-corrected chi connectivity index (χ3v) is 24.6. The number of anilines is 1. The normalized spacial score (nSPS) is 23.7. The van der Waals surface area contributed by atoms with Gasteiger partial charge in [0.25, 0.3) is 11.1 Å². The van der Waals surface area contributed by atoms with E-state index >= 15 is 0 Å². The molecular formula is C92H139F6N13O5. The molecule has 0 spiro atoms. The van der Waals surface area contributed by atoms with E-state index in [4.69, 9.17) is 15.2 Å². The van der Waals surface area contributed by atoms with Crippen molar-refractivity contribution in [1.29, 1.82) is 0 Å². The average Bonchev–Trinajstić information content (AvgIpc) is 1.62. The number of likely N-dealkylation sites (tertiary alicyclic amines) is 6. The van der Waals surface area contributed by atoms with Crippen molar-refractivity contribution < 1.29 is 40.9 Å². The maximum Gasteiger partial charge on any atom is 0.255 e. The fourth-order valence-corrected chi connectivity index (χ4v) is 19.2. The molecule has 7 unspecified atom stereocenters. The van der Waals surface area contributed by atoms with E-state index in [1.165, 1.54) is 65.3 Å². The lowest BCUT2D eigenvalue weighted by Crippen LogP contribution is -2.54. The van der Waals surface area contributed by atoms with E-state index in [-0.39, 0.29) is 99.0 Å². The molecule has 0 amide bonds. The van der Waals surface area contributed by atoms with Crippen molar-refractivity contribution in [2.24, 2.45) is 7.05 Å². The SMILES string of the molecule is CC(C)(C)N1C(c2cncc(F)c2)CCC1(C)CO.CC(C)(C)N1CCCC1c1cc(F)c[nH]c1=O.CC(C)N1CCCC1c1cc(F)cc(CCN2CCOCC2)c1.CC(C)N1CCCC1c1cc(F)ccc1CCN1CCOCC1.CC(C)N1CCCC1c1cc(F)cnc1N.Cn1cc(F)cc(C2CCCN2C(C)(C)C)c1=O. The number of aliphatic hydroxyl groups is 1. The van der Waals surface area contributed by atoms with Crippen LogP contribution in [0, 0.1) is 34.9 Å². The van der Waals surface area contributed by atoms with Gasteiger partial charge in [-0.05, 0) is 310 Å². The van der Waals surface area contributed by atoms with E-state index in [1.54, 1.807) is 43.6 Å². The summed E-state index contributed by atoms with van der Waals surface area (Å²) < 4.78 is 93.5. The molecule has 18 nitrogen and oxygen atoms in total. The summed E-state index contributed by atoms with van der Waals surface area (Å²) in [5.74, 6) is -1.06. The summed E-state index contributed by atoms with van der Waals surface area (Å²) in [4.78, 5) is 53.3. The Kier molecular flexibility index (Phi) is 34.0. The molecule has 8 saturated heterocycles. The number of nitrogens with two attached hydrogens (primary N) is 1. The van der Waals surface area contributed by atoms with Crippen LogP contribution >= 0.6 is 0 Å². The molecule has 8 aliphatic rings. The van der Waals surface area contributed by atoms with Gasteiger partial charge in [-0.3, -0.25) is 53.8 Å². The Morgan fingerprint density at radius 3 is 1.53 bits per heavy atom. The molecule has 6 aromatic rings. The molecule has 2 aromatic carbocycles. The largest absolute Gasteiger partial charge is 0.394 e. The first-order chi connectivity index (χ1) is 54.8. The van der Waals surface area contributed by atoms with Crippen LogP contribution in [0.25, 0.3) is 0 Å². The second kappa shape index (κ2) is 42.2. The van der Waals surface area contributed by atoms with Gasteiger partial charge in [-0.25, -0.2) is 31.3 Å². The van der Waals surface area contributed by atoms with Crippen LogP contribution in [-0.2, 0) is 29.4 Å². The van der Waals surface area contributed by atoms with Crippen molar-refractivity contribution in [3.63, 3.8) is 0 Å². The van der Waals surface area contributed by atoms with Crippen LogP contribution < -0.4 is 16.9 Å². The Balaban J connectivity index is 0.000000160. The van der Waals surface area contributed by atoms with E-state index < -0.39 is 0 Å². The number of aryl methyl sites for hydroxylation is 1. The number of aromatic amines is 1. The minimum atomic E-state index is -0.375. The van der Waals surface area contributed by atoms with E-state index in [9.17, 15) is 41.0 Å². The molecule has 4 aromatic heterocycles. The summed E-state index contributed by atoms with van der Waals surface area (Å²) >= 11 is 0. The first kappa shape index (κ1) is 93.4. The number of aromatic nitrogens is 4. The van der Waals surface area contributed by atoms with Gasteiger partial charge >= 0.3 is 0 Å². The highest BCUT2D eigenvalue weighted by Gasteiger charge is 2.48. The number of ether oxygens (including phenoxy) is 2. The van der Waals surface area contributed by atoms with Gasteiger partial charge < -0.3 is 29.9 Å². The number of halogens is 6. The predicted molar refractivity (Wildman–Crippen MR) is 454 cm³/mol. The number of nitrogen functional groups attached to an aromatic ring is 1. The molecule has 12 heterocycles. The second-order valence-corrected chi connectivity index (χ2v) is 37.1. The van der Waals surface area contributed by atoms with Gasteiger partial charge in [-0.1, -0.05) is 12.1 Å². The summed E-state index contributed by atoms with van der Waals surface area (Å²) in [6.07, 6.45) is 21.1. The van der Waals surface area contributed by atoms with Crippen LogP contribution in [0.5, 0.6) is 0 Å². The van der Waals surface area contributed by atoms with Crippen LogP contribution in [0.1, 0.15) is 269 Å². The van der Waals surface area contributed by atoms with Crippen molar-refractivity contribution >= 4 is 5.82 Å². The summed E-state index contributed by atoms with van der Waals surface area (Å²) in [6.45, 7) is 49.2. The number of benzene rings is 2. The third-order valence-electron chi connectivity index (χ3n) is 24.6. The Labute approximate surface area is 688 Å². The molecule has 116 heavy (non-hydrogen) atoms. The van der Waals surface area contributed by atoms with Gasteiger partial charge in [0, 0.05) is 158 Å². The van der Waals surface area contributed by atoms with Crippen LogP contribution in [0.15, 0.2) is 101 Å². The monoisotopic (exact) mass is 1620 g/mol. The minimum absolute atomic E-state index is 0.0000751. The second-order valence-electron chi connectivity index (χ2n) is 37.1. The van der Waals surface area contributed by atoms with E-state index in [0.717, 1.165) is 204 Å². The van der Waals surface area contributed by atoms with Gasteiger partial charge in [0.2, 0.25) is 0 Å². The highest BCUT2D eigenvalue weighted by Crippen LogP contribution is 2.47. The van der Waals surface area contributed by atoms with Crippen molar-refractivity contribution in [3.8, 4) is 0 Å². The number of morpholine rings is 2. The third kappa shape index (κ3) is 25.3. The zero-order valence-electron chi connectivity index (χ0n) is 72.9.